The van der Waals surface area contributed by atoms with Crippen molar-refractivity contribution in [2.75, 3.05) is 26.2 Å². The molecule has 1 aromatic carbocycles. The van der Waals surface area contributed by atoms with Gasteiger partial charge in [-0.25, -0.2) is 4.79 Å². The molecule has 0 radical (unpaired) electrons. The number of aliphatic hydroxyl groups is 1. The van der Waals surface area contributed by atoms with Crippen molar-refractivity contribution in [3.63, 3.8) is 0 Å². The van der Waals surface area contributed by atoms with Crippen molar-refractivity contribution in [1.82, 2.24) is 4.90 Å². The molecule has 4 rings (SSSR count). The molecule has 2 aliphatic heterocycles. The number of carbonyl (C=O) groups excluding carboxylic acids is 1. The summed E-state index contributed by atoms with van der Waals surface area (Å²) >= 11 is 0. The summed E-state index contributed by atoms with van der Waals surface area (Å²) in [6, 6.07) is 3.72. The van der Waals surface area contributed by atoms with Crippen LogP contribution < -0.4 is 5.32 Å². The topological polar surface area (TPSA) is 66.4 Å². The maximum atomic E-state index is 11.7. The third-order valence-corrected chi connectivity index (χ3v) is 6.29. The van der Waals surface area contributed by atoms with E-state index in [9.17, 15) is 9.90 Å². The third-order valence-electron chi connectivity index (χ3n) is 6.29. The van der Waals surface area contributed by atoms with Crippen molar-refractivity contribution < 1.29 is 20.0 Å². The van der Waals surface area contributed by atoms with E-state index in [1.54, 1.807) is 0 Å². The van der Waals surface area contributed by atoms with E-state index in [0.29, 0.717) is 18.7 Å². The number of hydrogen-bond donors (Lipinski definition) is 2. The van der Waals surface area contributed by atoms with Crippen LogP contribution in [0, 0.1) is 6.92 Å². The molecule has 3 N–H and O–H groups in total. The number of β-amino-alcohol motifs (C(OH)–C–C–N with tert-alkyl or cyclic N) is 1. The monoisotopic (exact) mass is 331 g/mol. The Labute approximate surface area is 143 Å². The van der Waals surface area contributed by atoms with Gasteiger partial charge in [0, 0.05) is 18.7 Å². The van der Waals surface area contributed by atoms with Crippen molar-refractivity contribution in [2.45, 2.75) is 50.9 Å². The van der Waals surface area contributed by atoms with Crippen molar-refractivity contribution in [3.05, 3.63) is 34.4 Å². The first kappa shape index (κ1) is 16.1. The molecule has 3 aliphatic rings. The minimum absolute atomic E-state index is 0.245. The fourth-order valence-corrected chi connectivity index (χ4v) is 4.86. The molecule has 2 heterocycles. The van der Waals surface area contributed by atoms with Crippen molar-refractivity contribution in [1.29, 1.82) is 0 Å². The molecular weight excluding hydrogens is 304 g/mol. The lowest BCUT2D eigenvalue weighted by atomic mass is 9.90. The van der Waals surface area contributed by atoms with Gasteiger partial charge in [-0.1, -0.05) is 18.9 Å². The summed E-state index contributed by atoms with van der Waals surface area (Å²) in [4.78, 5) is 14.2. The average Bonchev–Trinajstić information content (AvgIpc) is 3.19. The number of ether oxygens (including phenoxy) is 1. The van der Waals surface area contributed by atoms with Crippen LogP contribution in [0.4, 0.5) is 0 Å². The first-order valence-electron chi connectivity index (χ1n) is 9.15. The lowest BCUT2D eigenvalue weighted by molar-refractivity contribution is -0.676. The van der Waals surface area contributed by atoms with Crippen molar-refractivity contribution >= 4 is 5.97 Å². The quantitative estimate of drug-likeness (QED) is 0.808. The summed E-state index contributed by atoms with van der Waals surface area (Å²) in [5, 5.41) is 13.3. The van der Waals surface area contributed by atoms with Gasteiger partial charge in [0.1, 0.15) is 6.61 Å². The summed E-state index contributed by atoms with van der Waals surface area (Å²) in [7, 11) is 0. The van der Waals surface area contributed by atoms with E-state index >= 15 is 0 Å². The lowest BCUT2D eigenvalue weighted by Crippen LogP contribution is -2.94. The smallest absolute Gasteiger partial charge is 0.338 e. The zero-order valence-electron chi connectivity index (χ0n) is 14.4. The van der Waals surface area contributed by atoms with Crippen LogP contribution >= 0.6 is 0 Å². The number of rotatable bonds is 3. The lowest BCUT2D eigenvalue weighted by Gasteiger charge is -2.44. The predicted molar refractivity (Wildman–Crippen MR) is 89.7 cm³/mol. The molecule has 5 nitrogen and oxygen atoms in total. The average molecular weight is 331 g/mol. The number of benzene rings is 1. The third kappa shape index (κ3) is 2.55. The van der Waals surface area contributed by atoms with E-state index in [-0.39, 0.29) is 11.5 Å². The first-order chi connectivity index (χ1) is 11.6. The second-order valence-electron chi connectivity index (χ2n) is 7.56. The Hall–Kier alpha value is -1.43. The molecule has 1 aliphatic carbocycles. The largest absolute Gasteiger partial charge is 0.457 e. The summed E-state index contributed by atoms with van der Waals surface area (Å²) in [5.41, 5.74) is 3.83. The zero-order valence-corrected chi connectivity index (χ0v) is 14.4. The van der Waals surface area contributed by atoms with E-state index in [2.05, 4.69) is 10.2 Å². The molecule has 130 valence electrons. The maximum Gasteiger partial charge on any atom is 0.338 e. The summed E-state index contributed by atoms with van der Waals surface area (Å²) in [6.45, 7) is 6.33. The summed E-state index contributed by atoms with van der Waals surface area (Å²) in [5.74, 6) is -0.245. The van der Waals surface area contributed by atoms with Gasteiger partial charge in [0.2, 0.25) is 0 Å². The first-order valence-corrected chi connectivity index (χ1v) is 9.15. The Kier molecular flexibility index (Phi) is 4.11. The van der Waals surface area contributed by atoms with Gasteiger partial charge in [-0.05, 0) is 37.0 Å². The van der Waals surface area contributed by atoms with Gasteiger partial charge in [-0.3, -0.25) is 4.90 Å². The fourth-order valence-electron chi connectivity index (χ4n) is 4.86. The maximum absolute atomic E-state index is 11.7. The van der Waals surface area contributed by atoms with Crippen molar-refractivity contribution in [2.24, 2.45) is 0 Å². The Morgan fingerprint density at radius 3 is 2.96 bits per heavy atom. The number of hydrogen-bond acceptors (Lipinski definition) is 4. The highest BCUT2D eigenvalue weighted by molar-refractivity contribution is 5.93. The molecule has 0 aromatic heterocycles. The Morgan fingerprint density at radius 1 is 1.38 bits per heavy atom. The molecular formula is C19H27N2O3+. The van der Waals surface area contributed by atoms with Crippen molar-refractivity contribution in [3.8, 4) is 0 Å². The van der Waals surface area contributed by atoms with Gasteiger partial charge < -0.3 is 15.2 Å². The number of nitrogens with two attached hydrogens (primary N) is 1. The number of nitrogens with zero attached hydrogens (tertiary/aromatic N) is 1. The van der Waals surface area contributed by atoms with Gasteiger partial charge in [-0.15, -0.1) is 0 Å². The molecule has 0 bridgehead atoms. The second kappa shape index (κ2) is 6.14. The Morgan fingerprint density at radius 2 is 2.17 bits per heavy atom. The highest BCUT2D eigenvalue weighted by Gasteiger charge is 2.44. The molecule has 1 atom stereocenters. The second-order valence-corrected chi connectivity index (χ2v) is 7.56. The molecule has 1 spiro atoms. The van der Waals surface area contributed by atoms with Gasteiger partial charge in [-0.2, -0.15) is 0 Å². The van der Waals surface area contributed by atoms with Crippen LogP contribution in [-0.2, 0) is 11.3 Å². The van der Waals surface area contributed by atoms with Crippen LogP contribution in [0.5, 0.6) is 0 Å². The van der Waals surface area contributed by atoms with Gasteiger partial charge >= 0.3 is 5.97 Å². The molecule has 2 fully saturated rings. The zero-order chi connectivity index (χ0) is 16.7. The molecule has 24 heavy (non-hydrogen) atoms. The molecule has 1 saturated carbocycles. The van der Waals surface area contributed by atoms with E-state index in [1.165, 1.54) is 25.7 Å². The highest BCUT2D eigenvalue weighted by Crippen LogP contribution is 2.37. The van der Waals surface area contributed by atoms with E-state index < -0.39 is 6.10 Å². The highest BCUT2D eigenvalue weighted by atomic mass is 16.5. The number of cyclic esters (lactones) is 1. The van der Waals surface area contributed by atoms with Gasteiger partial charge in [0.15, 0.2) is 0 Å². The number of esters is 1. The van der Waals surface area contributed by atoms with E-state index in [4.69, 9.17) is 4.74 Å². The molecule has 1 aromatic rings. The number of quaternary nitrogens is 1. The molecule has 0 amide bonds. The SMILES string of the molecule is Cc1c([C@@H](O)CN2CC[NH2+]CC23CCCC3)ccc2c1COC2=O. The number of piperazine rings is 1. The van der Waals surface area contributed by atoms with Crippen LogP contribution in [0.2, 0.25) is 0 Å². The normalized spacial score (nSPS) is 24.2. The fraction of sp³-hybridized carbons (Fsp3) is 0.632. The van der Waals surface area contributed by atoms with Gasteiger partial charge in [0.05, 0.1) is 30.3 Å². The molecule has 5 heteroatoms. The predicted octanol–water partition coefficient (Wildman–Crippen LogP) is 0.891. The minimum atomic E-state index is -0.512. The number of carbonyl (C=O) groups is 1. The van der Waals surface area contributed by atoms with Crippen LogP contribution in [0.1, 0.15) is 58.8 Å². The van der Waals surface area contributed by atoms with E-state index in [1.807, 2.05) is 19.1 Å². The van der Waals surface area contributed by atoms with Crippen LogP contribution in [0.15, 0.2) is 12.1 Å². The van der Waals surface area contributed by atoms with E-state index in [0.717, 1.165) is 36.3 Å². The minimum Gasteiger partial charge on any atom is -0.457 e. The summed E-state index contributed by atoms with van der Waals surface area (Å²) < 4.78 is 5.13. The standard InChI is InChI=1S/C19H26N2O3/c1-13-14(4-5-15-16(13)11-24-18(15)23)17(22)10-21-9-8-20-12-19(21)6-2-3-7-19/h4-5,17,20,22H,2-3,6-12H2,1H3/p+1/t17-/m0/s1. The molecule has 1 saturated heterocycles. The Bertz CT molecular complexity index is 652. The van der Waals surface area contributed by atoms with Crippen LogP contribution in [0.3, 0.4) is 0 Å². The summed E-state index contributed by atoms with van der Waals surface area (Å²) in [6.07, 6.45) is 4.60. The molecule has 0 unspecified atom stereocenters. The number of aliphatic hydroxyl groups excluding tert-OH is 1. The van der Waals surface area contributed by atoms with Crippen LogP contribution in [0.25, 0.3) is 0 Å². The Balaban J connectivity index is 1.56. The van der Waals surface area contributed by atoms with Gasteiger partial charge in [0.25, 0.3) is 0 Å². The van der Waals surface area contributed by atoms with Crippen LogP contribution in [-0.4, -0.2) is 47.7 Å². The number of fused-ring (bicyclic) bond motifs is 1.